The van der Waals surface area contributed by atoms with E-state index in [1.807, 2.05) is 59.9 Å². The second kappa shape index (κ2) is 10.1. The van der Waals surface area contributed by atoms with Crippen LogP contribution >= 0.6 is 0 Å². The Balaban J connectivity index is 1.31. The molecule has 2 aliphatic rings. The van der Waals surface area contributed by atoms with Gasteiger partial charge in [-0.3, -0.25) is 4.79 Å². The monoisotopic (exact) mass is 547 g/mol. The number of fused-ring (bicyclic) bond motifs is 2. The summed E-state index contributed by atoms with van der Waals surface area (Å²) in [5.41, 5.74) is 10.8. The number of carbonyl (C=O) groups excluding carboxylic acids is 2. The third-order valence-corrected chi connectivity index (χ3v) is 8.08. The number of carbonyl (C=O) groups is 2. The molecule has 0 saturated carbocycles. The molecule has 5 rings (SSSR count). The Hall–Kier alpha value is -3.66. The highest BCUT2D eigenvalue weighted by Gasteiger charge is 2.44. The van der Waals surface area contributed by atoms with Crippen molar-refractivity contribution < 1.29 is 14.3 Å². The fraction of sp³-hybridized carbons (Fsp3) is 0.533. The number of ether oxygens (including phenoxy) is 1. The number of aryl methyl sites for hydroxylation is 3. The van der Waals surface area contributed by atoms with Gasteiger partial charge in [0, 0.05) is 38.0 Å². The topological polar surface area (TPSA) is 118 Å². The molecular formula is C30H41N7O3. The number of hydrogen-bond donors (Lipinski definition) is 2. The normalized spacial score (nSPS) is 21.4. The number of alkyl carbamates (subject to hydrolysis) is 1. The molecule has 3 N–H and O–H groups in total. The van der Waals surface area contributed by atoms with E-state index in [4.69, 9.17) is 20.6 Å². The zero-order valence-electron chi connectivity index (χ0n) is 24.6. The molecule has 1 unspecified atom stereocenters. The Labute approximate surface area is 235 Å². The van der Waals surface area contributed by atoms with E-state index in [0.29, 0.717) is 18.6 Å². The van der Waals surface area contributed by atoms with Gasteiger partial charge in [-0.25, -0.2) is 14.3 Å². The van der Waals surface area contributed by atoms with Crippen LogP contribution in [-0.2, 0) is 21.5 Å². The fourth-order valence-corrected chi connectivity index (χ4v) is 5.79. The van der Waals surface area contributed by atoms with Crippen LogP contribution in [0.25, 0.3) is 5.65 Å². The van der Waals surface area contributed by atoms with Crippen LogP contribution in [0.4, 0.5) is 10.6 Å². The summed E-state index contributed by atoms with van der Waals surface area (Å²) in [4.78, 5) is 34.8. The number of anilines is 1. The first-order valence-corrected chi connectivity index (χ1v) is 14.0. The summed E-state index contributed by atoms with van der Waals surface area (Å²) in [7, 11) is 1.80. The minimum absolute atomic E-state index is 0.0134. The first-order chi connectivity index (χ1) is 18.7. The lowest BCUT2D eigenvalue weighted by molar-refractivity contribution is -0.138. The van der Waals surface area contributed by atoms with Gasteiger partial charge in [-0.15, -0.1) is 0 Å². The zero-order chi connectivity index (χ0) is 29.0. The van der Waals surface area contributed by atoms with Crippen LogP contribution in [0.15, 0.2) is 30.5 Å². The summed E-state index contributed by atoms with van der Waals surface area (Å²) in [6, 6.07) is 7.83. The number of benzene rings is 1. The molecule has 2 amide bonds. The second-order valence-corrected chi connectivity index (χ2v) is 12.4. The molecule has 1 fully saturated rings. The first kappa shape index (κ1) is 27.9. The van der Waals surface area contributed by atoms with Crippen LogP contribution in [0.1, 0.15) is 74.5 Å². The minimum atomic E-state index is -1.04. The predicted octanol–water partition coefficient (Wildman–Crippen LogP) is 3.77. The number of rotatable bonds is 5. The lowest BCUT2D eigenvalue weighted by Gasteiger charge is -2.33. The van der Waals surface area contributed by atoms with Crippen molar-refractivity contribution in [1.82, 2.24) is 24.8 Å². The molecule has 3 heterocycles. The van der Waals surface area contributed by atoms with E-state index in [1.54, 1.807) is 16.5 Å². The van der Waals surface area contributed by atoms with E-state index in [-0.39, 0.29) is 18.0 Å². The second-order valence-electron chi connectivity index (χ2n) is 12.4. The van der Waals surface area contributed by atoms with E-state index in [0.717, 1.165) is 53.2 Å². The van der Waals surface area contributed by atoms with Crippen molar-refractivity contribution in [2.75, 3.05) is 25.0 Å². The van der Waals surface area contributed by atoms with E-state index < -0.39 is 17.2 Å². The van der Waals surface area contributed by atoms with Gasteiger partial charge in [0.25, 0.3) is 0 Å². The van der Waals surface area contributed by atoms with E-state index >= 15 is 0 Å². The first-order valence-electron chi connectivity index (χ1n) is 14.0. The Morgan fingerprint density at radius 2 is 2.00 bits per heavy atom. The van der Waals surface area contributed by atoms with Gasteiger partial charge in [-0.2, -0.15) is 5.10 Å². The van der Waals surface area contributed by atoms with Crippen molar-refractivity contribution in [3.8, 4) is 0 Å². The molecule has 0 spiro atoms. The molecule has 3 aromatic rings. The summed E-state index contributed by atoms with van der Waals surface area (Å²) in [5.74, 6) is 0.759. The number of nitrogens with one attached hydrogen (secondary N) is 1. The molecule has 10 heteroatoms. The van der Waals surface area contributed by atoms with Crippen molar-refractivity contribution in [2.45, 2.75) is 84.0 Å². The van der Waals surface area contributed by atoms with Gasteiger partial charge < -0.3 is 25.6 Å². The Bertz CT molecular complexity index is 1460. The zero-order valence-corrected chi connectivity index (χ0v) is 24.6. The van der Waals surface area contributed by atoms with E-state index in [1.165, 1.54) is 0 Å². The maximum atomic E-state index is 13.7. The summed E-state index contributed by atoms with van der Waals surface area (Å²) in [6.07, 6.45) is 3.76. The molecule has 1 aliphatic carbocycles. The van der Waals surface area contributed by atoms with Crippen molar-refractivity contribution >= 4 is 23.5 Å². The summed E-state index contributed by atoms with van der Waals surface area (Å²) in [6.45, 7) is 13.0. The molecule has 1 saturated heterocycles. The number of amides is 2. The van der Waals surface area contributed by atoms with Gasteiger partial charge in [-0.1, -0.05) is 23.8 Å². The Morgan fingerprint density at radius 3 is 2.73 bits per heavy atom. The quantitative estimate of drug-likeness (QED) is 0.499. The third-order valence-electron chi connectivity index (χ3n) is 8.08. The molecule has 40 heavy (non-hydrogen) atoms. The predicted molar refractivity (Wildman–Crippen MR) is 154 cm³/mol. The van der Waals surface area contributed by atoms with Gasteiger partial charge in [0.05, 0.1) is 17.8 Å². The maximum absolute atomic E-state index is 13.7. The Morgan fingerprint density at radius 1 is 1.25 bits per heavy atom. The van der Waals surface area contributed by atoms with Gasteiger partial charge in [0.1, 0.15) is 17.0 Å². The van der Waals surface area contributed by atoms with Crippen LogP contribution in [-0.4, -0.2) is 63.3 Å². The Kier molecular flexibility index (Phi) is 7.02. The highest BCUT2D eigenvalue weighted by Crippen LogP contribution is 2.38. The highest BCUT2D eigenvalue weighted by atomic mass is 16.6. The molecule has 214 valence electrons. The smallest absolute Gasteiger partial charge is 0.407 e. The maximum Gasteiger partial charge on any atom is 0.407 e. The average molecular weight is 548 g/mol. The number of likely N-dealkylation sites (N-methyl/N-ethyl adjacent to an activating group) is 1. The summed E-state index contributed by atoms with van der Waals surface area (Å²) in [5, 5.41) is 7.74. The van der Waals surface area contributed by atoms with E-state index in [2.05, 4.69) is 22.3 Å². The lowest BCUT2D eigenvalue weighted by Crippen LogP contribution is -2.51. The molecule has 0 bridgehead atoms. The van der Waals surface area contributed by atoms with Crippen LogP contribution in [0.2, 0.25) is 0 Å². The van der Waals surface area contributed by atoms with Crippen LogP contribution in [0, 0.1) is 13.8 Å². The van der Waals surface area contributed by atoms with Crippen molar-refractivity contribution in [1.29, 1.82) is 0 Å². The summed E-state index contributed by atoms with van der Waals surface area (Å²) < 4.78 is 7.18. The average Bonchev–Trinajstić information content (AvgIpc) is 3.59. The number of hydrogen-bond acceptors (Lipinski definition) is 7. The molecule has 1 aliphatic heterocycles. The highest BCUT2D eigenvalue weighted by molar-refractivity contribution is 5.89. The standard InChI is InChI=1S/C30H41N7O3/c1-18-8-9-21-10-12-30(31,23(21)14-18)27(38)35(7)20(3)24-15-25-33-26(19(2)16-37(25)34-24)36-13-11-22(17-36)32-28(39)40-29(4,5)6/h8-9,14-16,20,22H,10-13,17,31H2,1-7H3,(H,32,39)/t20-,22-,30?/m0/s1. The molecule has 0 radical (unpaired) electrons. The molecule has 3 atom stereocenters. The van der Waals surface area contributed by atoms with Gasteiger partial charge in [-0.05, 0) is 71.9 Å². The minimum Gasteiger partial charge on any atom is -0.444 e. The largest absolute Gasteiger partial charge is 0.444 e. The fourth-order valence-electron chi connectivity index (χ4n) is 5.79. The van der Waals surface area contributed by atoms with Crippen molar-refractivity contribution in [3.63, 3.8) is 0 Å². The van der Waals surface area contributed by atoms with Crippen LogP contribution in [0.3, 0.4) is 0 Å². The number of aromatic nitrogens is 3. The summed E-state index contributed by atoms with van der Waals surface area (Å²) >= 11 is 0. The van der Waals surface area contributed by atoms with Gasteiger partial charge >= 0.3 is 6.09 Å². The third kappa shape index (κ3) is 5.24. The lowest BCUT2D eigenvalue weighted by atomic mass is 9.90. The number of nitrogens with two attached hydrogens (primary N) is 1. The van der Waals surface area contributed by atoms with Crippen LogP contribution in [0.5, 0.6) is 0 Å². The van der Waals surface area contributed by atoms with E-state index in [9.17, 15) is 9.59 Å². The molecule has 2 aromatic heterocycles. The molecular weight excluding hydrogens is 506 g/mol. The van der Waals surface area contributed by atoms with Crippen molar-refractivity contribution in [3.05, 3.63) is 58.4 Å². The molecule has 10 nitrogen and oxygen atoms in total. The van der Waals surface area contributed by atoms with Crippen molar-refractivity contribution in [2.24, 2.45) is 5.73 Å². The molecule has 1 aromatic carbocycles. The van der Waals surface area contributed by atoms with Gasteiger partial charge in [0.2, 0.25) is 5.91 Å². The van der Waals surface area contributed by atoms with Crippen LogP contribution < -0.4 is 16.0 Å². The van der Waals surface area contributed by atoms with Gasteiger partial charge in [0.15, 0.2) is 5.65 Å². The number of nitrogens with zero attached hydrogens (tertiary/aromatic N) is 5. The SMILES string of the molecule is Cc1ccc2c(c1)C(N)(C(=O)N(C)[C@@H](C)c1cc3nc(N4CC[C@H](NC(=O)OC(C)(C)C)C4)c(C)cn3n1)CC2.